The fourth-order valence-corrected chi connectivity index (χ4v) is 2.10. The topological polar surface area (TPSA) is 25.2 Å². The zero-order chi connectivity index (χ0) is 12.3. The maximum absolute atomic E-state index is 13.0. The molecule has 0 aliphatic heterocycles. The lowest BCUT2D eigenvalue weighted by Crippen LogP contribution is -2.19. The molecule has 1 aromatic carbocycles. The predicted octanol–water partition coefficient (Wildman–Crippen LogP) is 3.58. The quantitative estimate of drug-likeness (QED) is 0.901. The second-order valence-electron chi connectivity index (χ2n) is 3.84. The van der Waals surface area contributed by atoms with Crippen LogP contribution in [-0.4, -0.2) is 7.05 Å². The van der Waals surface area contributed by atoms with E-state index in [-0.39, 0.29) is 11.9 Å². The Morgan fingerprint density at radius 3 is 2.82 bits per heavy atom. The Hall–Kier alpha value is -1.32. The Morgan fingerprint density at radius 2 is 2.24 bits per heavy atom. The lowest BCUT2D eigenvalue weighted by atomic mass is 10.0. The highest BCUT2D eigenvalue weighted by molar-refractivity contribution is 6.31. The smallest absolute Gasteiger partial charge is 0.124 e. The van der Waals surface area contributed by atoms with Gasteiger partial charge in [-0.1, -0.05) is 17.7 Å². The standard InChI is InChI=1S/C13H13ClFNO/c1-16-13(6-9-4-5-17-8-9)11-3-2-10(15)7-12(11)14/h2-5,7-8,13,16H,6H2,1H3. The van der Waals surface area contributed by atoms with Crippen molar-refractivity contribution < 1.29 is 8.81 Å². The first-order valence-corrected chi connectivity index (χ1v) is 5.72. The summed E-state index contributed by atoms with van der Waals surface area (Å²) in [7, 11) is 1.85. The average molecular weight is 254 g/mol. The van der Waals surface area contributed by atoms with E-state index < -0.39 is 0 Å². The summed E-state index contributed by atoms with van der Waals surface area (Å²) >= 11 is 6.04. The van der Waals surface area contributed by atoms with Crippen molar-refractivity contribution in [1.29, 1.82) is 0 Å². The first kappa shape index (κ1) is 12.1. The minimum Gasteiger partial charge on any atom is -0.472 e. The third-order valence-corrected chi connectivity index (χ3v) is 3.03. The number of benzene rings is 1. The van der Waals surface area contributed by atoms with E-state index in [2.05, 4.69) is 5.32 Å². The Morgan fingerprint density at radius 1 is 1.41 bits per heavy atom. The van der Waals surface area contributed by atoms with Gasteiger partial charge in [0.25, 0.3) is 0 Å². The monoisotopic (exact) mass is 253 g/mol. The molecule has 0 spiro atoms. The van der Waals surface area contributed by atoms with Crippen LogP contribution in [0.1, 0.15) is 17.2 Å². The molecule has 0 aliphatic rings. The molecular formula is C13H13ClFNO. The molecule has 1 aromatic heterocycles. The van der Waals surface area contributed by atoms with E-state index in [1.807, 2.05) is 13.1 Å². The molecule has 1 unspecified atom stereocenters. The summed E-state index contributed by atoms with van der Waals surface area (Å²) in [5.74, 6) is -0.322. The lowest BCUT2D eigenvalue weighted by molar-refractivity contribution is 0.551. The van der Waals surface area contributed by atoms with Crippen molar-refractivity contribution in [3.63, 3.8) is 0 Å². The number of nitrogens with one attached hydrogen (secondary N) is 1. The van der Waals surface area contributed by atoms with Crippen LogP contribution >= 0.6 is 11.6 Å². The molecule has 1 atom stereocenters. The van der Waals surface area contributed by atoms with Gasteiger partial charge in [-0.2, -0.15) is 0 Å². The first-order chi connectivity index (χ1) is 8.20. The van der Waals surface area contributed by atoms with Gasteiger partial charge in [-0.3, -0.25) is 0 Å². The van der Waals surface area contributed by atoms with Gasteiger partial charge in [-0.15, -0.1) is 0 Å². The van der Waals surface area contributed by atoms with Gasteiger partial charge in [-0.25, -0.2) is 4.39 Å². The van der Waals surface area contributed by atoms with Crippen molar-refractivity contribution in [3.05, 3.63) is 58.8 Å². The zero-order valence-corrected chi connectivity index (χ0v) is 10.2. The van der Waals surface area contributed by atoms with E-state index in [0.29, 0.717) is 5.02 Å². The molecule has 0 saturated carbocycles. The number of likely N-dealkylation sites (N-methyl/N-ethyl adjacent to an activating group) is 1. The summed E-state index contributed by atoms with van der Waals surface area (Å²) in [6.45, 7) is 0. The number of halogens is 2. The van der Waals surface area contributed by atoms with Crippen molar-refractivity contribution in [1.82, 2.24) is 5.32 Å². The van der Waals surface area contributed by atoms with Gasteiger partial charge in [0.15, 0.2) is 0 Å². The van der Waals surface area contributed by atoms with Crippen LogP contribution in [0.4, 0.5) is 4.39 Å². The third-order valence-electron chi connectivity index (χ3n) is 2.71. The maximum atomic E-state index is 13.0. The molecule has 1 N–H and O–H groups in total. The molecule has 0 aliphatic carbocycles. The Labute approximate surface area is 104 Å². The van der Waals surface area contributed by atoms with E-state index >= 15 is 0 Å². The van der Waals surface area contributed by atoms with E-state index in [1.54, 1.807) is 18.6 Å². The molecule has 2 nitrogen and oxygen atoms in total. The minimum absolute atomic E-state index is 0.0423. The Bertz CT molecular complexity index is 484. The SMILES string of the molecule is CNC(Cc1ccoc1)c1ccc(F)cc1Cl. The fraction of sp³-hybridized carbons (Fsp3) is 0.231. The fourth-order valence-electron chi connectivity index (χ4n) is 1.80. The Balaban J connectivity index is 2.23. The highest BCUT2D eigenvalue weighted by atomic mass is 35.5. The largest absolute Gasteiger partial charge is 0.472 e. The molecular weight excluding hydrogens is 241 g/mol. The van der Waals surface area contributed by atoms with Crippen LogP contribution in [0.2, 0.25) is 5.02 Å². The highest BCUT2D eigenvalue weighted by Gasteiger charge is 2.14. The van der Waals surface area contributed by atoms with Crippen LogP contribution in [0.15, 0.2) is 41.2 Å². The summed E-state index contributed by atoms with van der Waals surface area (Å²) in [5.41, 5.74) is 1.96. The van der Waals surface area contributed by atoms with Crippen molar-refractivity contribution in [2.45, 2.75) is 12.5 Å². The summed E-state index contributed by atoms with van der Waals surface area (Å²) in [6.07, 6.45) is 4.08. The van der Waals surface area contributed by atoms with Crippen LogP contribution in [0, 0.1) is 5.82 Å². The summed E-state index contributed by atoms with van der Waals surface area (Å²) in [6, 6.07) is 6.40. The summed E-state index contributed by atoms with van der Waals surface area (Å²) in [5, 5.41) is 3.61. The van der Waals surface area contributed by atoms with E-state index in [4.69, 9.17) is 16.0 Å². The van der Waals surface area contributed by atoms with Crippen LogP contribution in [0.25, 0.3) is 0 Å². The first-order valence-electron chi connectivity index (χ1n) is 5.34. The Kier molecular flexibility index (Phi) is 3.82. The van der Waals surface area contributed by atoms with Crippen LogP contribution in [-0.2, 0) is 6.42 Å². The molecule has 0 radical (unpaired) electrons. The number of hydrogen-bond acceptors (Lipinski definition) is 2. The van der Waals surface area contributed by atoms with E-state index in [1.165, 1.54) is 12.1 Å². The van der Waals surface area contributed by atoms with Gasteiger partial charge in [0.2, 0.25) is 0 Å². The maximum Gasteiger partial charge on any atom is 0.124 e. The van der Waals surface area contributed by atoms with Crippen molar-refractivity contribution in [2.24, 2.45) is 0 Å². The lowest BCUT2D eigenvalue weighted by Gasteiger charge is -2.17. The second kappa shape index (κ2) is 5.34. The number of rotatable bonds is 4. The van der Waals surface area contributed by atoms with E-state index in [0.717, 1.165) is 17.5 Å². The minimum atomic E-state index is -0.322. The highest BCUT2D eigenvalue weighted by Crippen LogP contribution is 2.26. The summed E-state index contributed by atoms with van der Waals surface area (Å²) < 4.78 is 18.0. The van der Waals surface area contributed by atoms with Gasteiger partial charge >= 0.3 is 0 Å². The molecule has 2 rings (SSSR count). The van der Waals surface area contributed by atoms with Crippen LogP contribution < -0.4 is 5.32 Å². The molecule has 0 amide bonds. The van der Waals surface area contributed by atoms with Gasteiger partial charge in [0, 0.05) is 11.1 Å². The molecule has 0 saturated heterocycles. The second-order valence-corrected chi connectivity index (χ2v) is 4.25. The van der Waals surface area contributed by atoms with Gasteiger partial charge in [-0.05, 0) is 42.8 Å². The van der Waals surface area contributed by atoms with Crippen molar-refractivity contribution in [2.75, 3.05) is 7.05 Å². The average Bonchev–Trinajstić information content (AvgIpc) is 2.79. The third kappa shape index (κ3) is 2.87. The van der Waals surface area contributed by atoms with Crippen molar-refractivity contribution >= 4 is 11.6 Å². The predicted molar refractivity (Wildman–Crippen MR) is 65.6 cm³/mol. The van der Waals surface area contributed by atoms with Crippen molar-refractivity contribution in [3.8, 4) is 0 Å². The number of furan rings is 1. The van der Waals surface area contributed by atoms with Gasteiger partial charge in [0.1, 0.15) is 5.82 Å². The van der Waals surface area contributed by atoms with Crippen LogP contribution in [0.5, 0.6) is 0 Å². The normalized spacial score (nSPS) is 12.6. The van der Waals surface area contributed by atoms with Crippen LogP contribution in [0.3, 0.4) is 0 Å². The molecule has 2 aromatic rings. The number of hydrogen-bond donors (Lipinski definition) is 1. The molecule has 90 valence electrons. The zero-order valence-electron chi connectivity index (χ0n) is 9.41. The van der Waals surface area contributed by atoms with Gasteiger partial charge < -0.3 is 9.73 Å². The molecule has 0 bridgehead atoms. The molecule has 0 fully saturated rings. The molecule has 4 heteroatoms. The molecule has 17 heavy (non-hydrogen) atoms. The van der Waals surface area contributed by atoms with Gasteiger partial charge in [0.05, 0.1) is 12.5 Å². The summed E-state index contributed by atoms with van der Waals surface area (Å²) in [4.78, 5) is 0. The molecule has 1 heterocycles. The van der Waals surface area contributed by atoms with E-state index in [9.17, 15) is 4.39 Å².